The maximum atomic E-state index is 14.0. The van der Waals surface area contributed by atoms with Crippen LogP contribution in [0.15, 0.2) is 36.4 Å². The molecule has 2 fully saturated rings. The number of rotatable bonds is 5. The summed E-state index contributed by atoms with van der Waals surface area (Å²) in [5, 5.41) is 14.0. The number of nitro groups is 1. The second-order valence-corrected chi connectivity index (χ2v) is 8.19. The lowest BCUT2D eigenvalue weighted by Gasteiger charge is -2.33. The molecule has 2 unspecified atom stereocenters. The van der Waals surface area contributed by atoms with E-state index < -0.39 is 34.4 Å². The fourth-order valence-electron chi connectivity index (χ4n) is 4.13. The average Bonchev–Trinajstić information content (AvgIpc) is 3.46. The molecule has 1 aliphatic carbocycles. The van der Waals surface area contributed by atoms with Crippen molar-refractivity contribution in [3.8, 4) is 0 Å². The van der Waals surface area contributed by atoms with Gasteiger partial charge >= 0.3 is 0 Å². The molecule has 1 heterocycles. The van der Waals surface area contributed by atoms with E-state index in [-0.39, 0.29) is 16.8 Å². The predicted octanol–water partition coefficient (Wildman–Crippen LogP) is 4.40. The highest BCUT2D eigenvalue weighted by Crippen LogP contribution is 2.43. The van der Waals surface area contributed by atoms with Gasteiger partial charge in [-0.1, -0.05) is 13.0 Å². The van der Waals surface area contributed by atoms with Crippen molar-refractivity contribution in [1.29, 1.82) is 0 Å². The number of amides is 1. The molecule has 0 spiro atoms. The van der Waals surface area contributed by atoms with Gasteiger partial charge in [-0.05, 0) is 43.4 Å². The predicted molar refractivity (Wildman–Crippen MR) is 109 cm³/mol. The van der Waals surface area contributed by atoms with Gasteiger partial charge in [0.15, 0.2) is 0 Å². The fraction of sp³-hybridized carbons (Fsp3) is 0.409. The molecule has 30 heavy (non-hydrogen) atoms. The van der Waals surface area contributed by atoms with Crippen molar-refractivity contribution in [2.24, 2.45) is 5.92 Å². The van der Waals surface area contributed by atoms with Gasteiger partial charge in [0, 0.05) is 42.7 Å². The Morgan fingerprint density at radius 2 is 1.83 bits per heavy atom. The molecular formula is C22H23F2N3O3. The number of benzene rings is 2. The van der Waals surface area contributed by atoms with Crippen LogP contribution in [0, 0.1) is 27.7 Å². The first kappa shape index (κ1) is 20.3. The third kappa shape index (κ3) is 3.99. The van der Waals surface area contributed by atoms with E-state index in [2.05, 4.69) is 17.1 Å². The van der Waals surface area contributed by atoms with E-state index in [1.165, 1.54) is 30.3 Å². The third-order valence-electron chi connectivity index (χ3n) is 6.04. The lowest BCUT2D eigenvalue weighted by atomic mass is 9.98. The van der Waals surface area contributed by atoms with Gasteiger partial charge in [-0.3, -0.25) is 14.9 Å². The first-order chi connectivity index (χ1) is 14.3. The number of carbonyl (C=O) groups excluding carboxylic acids is 1. The van der Waals surface area contributed by atoms with E-state index in [0.717, 1.165) is 25.9 Å². The quantitative estimate of drug-likeness (QED) is 0.580. The monoisotopic (exact) mass is 415 g/mol. The number of carbonyl (C=O) groups is 1. The summed E-state index contributed by atoms with van der Waals surface area (Å²) in [6, 6.07) is 7.60. The summed E-state index contributed by atoms with van der Waals surface area (Å²) in [7, 11) is 0. The summed E-state index contributed by atoms with van der Waals surface area (Å²) in [5.74, 6) is -1.56. The number of nitrogens with zero attached hydrogens (tertiary/aromatic N) is 2. The van der Waals surface area contributed by atoms with E-state index >= 15 is 0 Å². The zero-order valence-electron chi connectivity index (χ0n) is 16.6. The van der Waals surface area contributed by atoms with Crippen LogP contribution in [-0.2, 0) is 0 Å². The first-order valence-corrected chi connectivity index (χ1v) is 10.1. The van der Waals surface area contributed by atoms with Crippen molar-refractivity contribution < 1.29 is 18.5 Å². The minimum absolute atomic E-state index is 0.0212. The van der Waals surface area contributed by atoms with E-state index in [0.29, 0.717) is 18.0 Å². The molecule has 1 aliphatic heterocycles. The van der Waals surface area contributed by atoms with Gasteiger partial charge in [0.05, 0.1) is 16.2 Å². The molecule has 4 rings (SSSR count). The minimum Gasteiger partial charge on any atom is -0.371 e. The van der Waals surface area contributed by atoms with Gasteiger partial charge in [0.25, 0.3) is 11.6 Å². The molecule has 0 radical (unpaired) electrons. The normalized spacial score (nSPS) is 21.4. The highest BCUT2D eigenvalue weighted by molar-refractivity contribution is 6.01. The highest BCUT2D eigenvalue weighted by atomic mass is 19.1. The summed E-state index contributed by atoms with van der Waals surface area (Å²) in [6.07, 6.45) is 2.39. The lowest BCUT2D eigenvalue weighted by Crippen LogP contribution is -2.35. The number of anilines is 1. The molecule has 2 aliphatic rings. The zero-order valence-corrected chi connectivity index (χ0v) is 16.6. The maximum Gasteiger partial charge on any atom is 0.270 e. The van der Waals surface area contributed by atoms with Crippen LogP contribution >= 0.6 is 0 Å². The minimum atomic E-state index is -0.629. The van der Waals surface area contributed by atoms with E-state index in [9.17, 15) is 23.7 Å². The molecule has 1 saturated heterocycles. The molecule has 8 heteroatoms. The van der Waals surface area contributed by atoms with Crippen molar-refractivity contribution in [2.45, 2.75) is 38.1 Å². The van der Waals surface area contributed by atoms with E-state index in [4.69, 9.17) is 0 Å². The Balaban J connectivity index is 1.56. The van der Waals surface area contributed by atoms with Gasteiger partial charge in [0.2, 0.25) is 0 Å². The topological polar surface area (TPSA) is 75.5 Å². The van der Waals surface area contributed by atoms with Crippen LogP contribution in [0.2, 0.25) is 0 Å². The van der Waals surface area contributed by atoms with Crippen LogP contribution < -0.4 is 10.2 Å². The summed E-state index contributed by atoms with van der Waals surface area (Å²) in [5.41, 5.74) is 0.687. The average molecular weight is 415 g/mol. The van der Waals surface area contributed by atoms with Gasteiger partial charge in [-0.2, -0.15) is 0 Å². The summed E-state index contributed by atoms with van der Waals surface area (Å²) >= 11 is 0. The smallest absolute Gasteiger partial charge is 0.270 e. The zero-order chi connectivity index (χ0) is 21.4. The lowest BCUT2D eigenvalue weighted by molar-refractivity contribution is -0.384. The van der Waals surface area contributed by atoms with E-state index in [1.54, 1.807) is 6.07 Å². The number of hydrogen-bond acceptors (Lipinski definition) is 4. The molecule has 1 saturated carbocycles. The van der Waals surface area contributed by atoms with Gasteiger partial charge in [-0.25, -0.2) is 8.78 Å². The van der Waals surface area contributed by atoms with Gasteiger partial charge in [0.1, 0.15) is 11.6 Å². The molecule has 0 aromatic heterocycles. The molecule has 2 atom stereocenters. The van der Waals surface area contributed by atoms with Crippen molar-refractivity contribution in [2.75, 3.05) is 18.0 Å². The third-order valence-corrected chi connectivity index (χ3v) is 6.04. The Kier molecular flexibility index (Phi) is 5.40. The van der Waals surface area contributed by atoms with Crippen LogP contribution in [0.5, 0.6) is 0 Å². The number of piperidine rings is 1. The van der Waals surface area contributed by atoms with Crippen LogP contribution in [0.1, 0.15) is 48.0 Å². The van der Waals surface area contributed by atoms with E-state index in [1.807, 2.05) is 0 Å². The second kappa shape index (κ2) is 8.01. The summed E-state index contributed by atoms with van der Waals surface area (Å²) in [6.45, 7) is 3.72. The number of halogens is 2. The highest BCUT2D eigenvalue weighted by Gasteiger charge is 2.43. The van der Waals surface area contributed by atoms with Crippen molar-refractivity contribution in [3.05, 3.63) is 69.3 Å². The molecule has 158 valence electrons. The van der Waals surface area contributed by atoms with Gasteiger partial charge < -0.3 is 10.2 Å². The van der Waals surface area contributed by atoms with Gasteiger partial charge in [-0.15, -0.1) is 0 Å². The molecule has 1 N–H and O–H groups in total. The van der Waals surface area contributed by atoms with Crippen LogP contribution in [0.25, 0.3) is 0 Å². The standard InChI is InChI=1S/C22H23F2N3O3/c1-13-7-9-26(10-8-13)20-6-5-14(27(29)30)11-16(20)22(28)25-19-12-15(19)21-17(23)3-2-4-18(21)24/h2-6,11,13,15,19H,7-10,12H2,1H3,(H,25,28). The summed E-state index contributed by atoms with van der Waals surface area (Å²) in [4.78, 5) is 25.8. The largest absolute Gasteiger partial charge is 0.371 e. The number of hydrogen-bond donors (Lipinski definition) is 1. The number of non-ortho nitro benzene ring substituents is 1. The molecular weight excluding hydrogens is 392 g/mol. The Morgan fingerprint density at radius 3 is 2.47 bits per heavy atom. The molecule has 6 nitrogen and oxygen atoms in total. The van der Waals surface area contributed by atoms with Crippen molar-refractivity contribution in [1.82, 2.24) is 5.32 Å². The molecule has 0 bridgehead atoms. The number of nitrogens with one attached hydrogen (secondary N) is 1. The van der Waals surface area contributed by atoms with Crippen molar-refractivity contribution in [3.63, 3.8) is 0 Å². The Hall–Kier alpha value is -3.03. The molecule has 2 aromatic rings. The Morgan fingerprint density at radius 1 is 1.17 bits per heavy atom. The fourth-order valence-corrected chi connectivity index (χ4v) is 4.13. The van der Waals surface area contributed by atoms with Crippen LogP contribution in [-0.4, -0.2) is 30.0 Å². The molecule has 2 aromatic carbocycles. The SMILES string of the molecule is CC1CCN(c2ccc([N+](=O)[O-])cc2C(=O)NC2CC2c2c(F)cccc2F)CC1. The Bertz CT molecular complexity index is 969. The number of nitro benzene ring substituents is 1. The first-order valence-electron chi connectivity index (χ1n) is 10.1. The van der Waals surface area contributed by atoms with Crippen LogP contribution in [0.4, 0.5) is 20.2 Å². The summed E-state index contributed by atoms with van der Waals surface area (Å²) < 4.78 is 28.0. The van der Waals surface area contributed by atoms with Crippen molar-refractivity contribution >= 4 is 17.3 Å². The second-order valence-electron chi connectivity index (χ2n) is 8.19. The van der Waals surface area contributed by atoms with Crippen LogP contribution in [0.3, 0.4) is 0 Å². The maximum absolute atomic E-state index is 14.0. The Labute approximate surface area is 173 Å². The molecule has 1 amide bonds.